The van der Waals surface area contributed by atoms with Gasteiger partial charge in [-0.1, -0.05) is 6.42 Å². The van der Waals surface area contributed by atoms with Crippen molar-refractivity contribution in [2.75, 3.05) is 11.5 Å². The Morgan fingerprint density at radius 3 is 2.69 bits per heavy atom. The number of nitrogens with zero attached hydrogens (tertiary/aromatic N) is 2. The van der Waals surface area contributed by atoms with E-state index in [0.29, 0.717) is 60.1 Å². The predicted octanol–water partition coefficient (Wildman–Crippen LogP) is 4.94. The van der Waals surface area contributed by atoms with E-state index in [0.717, 1.165) is 24.0 Å². The van der Waals surface area contributed by atoms with Crippen LogP contribution < -0.4 is 21.6 Å². The van der Waals surface area contributed by atoms with Crippen LogP contribution in [0.25, 0.3) is 22.2 Å². The zero-order valence-corrected chi connectivity index (χ0v) is 25.5. The summed E-state index contributed by atoms with van der Waals surface area (Å²) in [6.45, 7) is 5.42. The van der Waals surface area contributed by atoms with Crippen LogP contribution >= 0.6 is 0 Å². The zero-order valence-electron chi connectivity index (χ0n) is 25.5. The molecule has 0 bridgehead atoms. The SMILES string of the molecule is Cc1cc(=O)c2c(O)c3c(cc2o1)OC(C)(C)[C@@H]1OC(=O)[C@]2(CCCC[C@H]31)O[C@@H]2CCc1cc(N)nc(-c2ccnc(N)c2)c1. The number of rotatable bonds is 4. The molecule has 11 heteroatoms. The summed E-state index contributed by atoms with van der Waals surface area (Å²) in [6.07, 6.45) is 4.47. The number of esters is 1. The van der Waals surface area contributed by atoms with Crippen LogP contribution in [-0.4, -0.2) is 44.5 Å². The number of carbonyl (C=O) groups is 1. The van der Waals surface area contributed by atoms with Gasteiger partial charge in [0.25, 0.3) is 0 Å². The average molecular weight is 613 g/mol. The lowest BCUT2D eigenvalue weighted by Crippen LogP contribution is -2.52. The number of aromatic nitrogens is 2. The number of benzene rings is 1. The van der Waals surface area contributed by atoms with Crippen LogP contribution in [0.3, 0.4) is 0 Å². The summed E-state index contributed by atoms with van der Waals surface area (Å²) in [7, 11) is 0. The van der Waals surface area contributed by atoms with Gasteiger partial charge in [-0.15, -0.1) is 0 Å². The van der Waals surface area contributed by atoms with E-state index in [9.17, 15) is 14.7 Å². The molecule has 4 aromatic rings. The number of phenolic OH excluding ortho intramolecular Hbond substituents is 1. The normalized spacial score (nSPS) is 25.3. The lowest BCUT2D eigenvalue weighted by molar-refractivity contribution is -0.170. The second-order valence-electron chi connectivity index (χ2n) is 12.9. The van der Waals surface area contributed by atoms with Crippen molar-refractivity contribution < 1.29 is 28.5 Å². The Hall–Kier alpha value is -4.64. The number of pyridine rings is 2. The first-order chi connectivity index (χ1) is 21.4. The van der Waals surface area contributed by atoms with Gasteiger partial charge in [-0.3, -0.25) is 4.79 Å². The van der Waals surface area contributed by atoms with Crippen LogP contribution in [0.15, 0.2) is 51.8 Å². The maximum absolute atomic E-state index is 13.9. The number of carbonyl (C=O) groups excluding carboxylic acids is 1. The molecule has 2 fully saturated rings. The van der Waals surface area contributed by atoms with Gasteiger partial charge < -0.3 is 35.2 Å². The van der Waals surface area contributed by atoms with Gasteiger partial charge in [0.1, 0.15) is 51.6 Å². The van der Waals surface area contributed by atoms with Crippen molar-refractivity contribution in [3.8, 4) is 22.8 Å². The van der Waals surface area contributed by atoms with Crippen LogP contribution in [0.1, 0.15) is 68.8 Å². The number of aryl methyl sites for hydroxylation is 2. The Bertz CT molecular complexity index is 1900. The second kappa shape index (κ2) is 10.5. The molecule has 11 nitrogen and oxygen atoms in total. The van der Waals surface area contributed by atoms with Crippen LogP contribution in [0.5, 0.6) is 11.5 Å². The quantitative estimate of drug-likeness (QED) is 0.210. The topological polar surface area (TPSA) is 176 Å². The smallest absolute Gasteiger partial charge is 0.341 e. The molecular formula is C34H36N4O7. The summed E-state index contributed by atoms with van der Waals surface area (Å²) in [5.74, 6) is 0.654. The third-order valence-corrected chi connectivity index (χ3v) is 9.30. The molecule has 3 aliphatic heterocycles. The molecular weight excluding hydrogens is 576 g/mol. The van der Waals surface area contributed by atoms with E-state index in [1.54, 1.807) is 25.3 Å². The van der Waals surface area contributed by atoms with Gasteiger partial charge in [0.05, 0.1) is 11.8 Å². The summed E-state index contributed by atoms with van der Waals surface area (Å²) < 4.78 is 24.6. The van der Waals surface area contributed by atoms with Gasteiger partial charge in [0.2, 0.25) is 0 Å². The Morgan fingerprint density at radius 2 is 1.89 bits per heavy atom. The highest BCUT2D eigenvalue weighted by atomic mass is 16.7. The van der Waals surface area contributed by atoms with Crippen molar-refractivity contribution in [2.24, 2.45) is 0 Å². The van der Waals surface area contributed by atoms with Crippen molar-refractivity contribution >= 4 is 28.6 Å². The van der Waals surface area contributed by atoms with Crippen molar-refractivity contribution in [1.82, 2.24) is 9.97 Å². The molecule has 0 saturated carbocycles. The molecule has 1 spiro atoms. The van der Waals surface area contributed by atoms with E-state index >= 15 is 0 Å². The van der Waals surface area contributed by atoms with Crippen LogP contribution in [0, 0.1) is 6.92 Å². The van der Waals surface area contributed by atoms with E-state index in [1.165, 1.54) is 6.07 Å². The molecule has 3 aliphatic rings. The number of phenols is 1. The zero-order chi connectivity index (χ0) is 31.7. The predicted molar refractivity (Wildman–Crippen MR) is 167 cm³/mol. The summed E-state index contributed by atoms with van der Waals surface area (Å²) in [6, 6.07) is 10.4. The molecule has 234 valence electrons. The number of anilines is 2. The molecule has 0 aliphatic carbocycles. The Balaban J connectivity index is 1.13. The molecule has 45 heavy (non-hydrogen) atoms. The summed E-state index contributed by atoms with van der Waals surface area (Å²) in [5.41, 5.74) is 12.9. The summed E-state index contributed by atoms with van der Waals surface area (Å²) >= 11 is 0. The minimum Gasteiger partial charge on any atom is -0.507 e. The molecule has 2 saturated heterocycles. The first-order valence-corrected chi connectivity index (χ1v) is 15.3. The fraction of sp³-hybridized carbons (Fsp3) is 0.412. The third-order valence-electron chi connectivity index (χ3n) is 9.30. The van der Waals surface area contributed by atoms with Crippen molar-refractivity contribution in [1.29, 1.82) is 0 Å². The van der Waals surface area contributed by atoms with Gasteiger partial charge in [-0.05, 0) is 82.7 Å². The minimum atomic E-state index is -1.05. The highest BCUT2D eigenvalue weighted by Gasteiger charge is 2.64. The number of epoxide rings is 1. The van der Waals surface area contributed by atoms with Crippen LogP contribution in [0.4, 0.5) is 11.6 Å². The number of nitrogen functional groups attached to an aromatic ring is 2. The van der Waals surface area contributed by atoms with Gasteiger partial charge in [-0.2, -0.15) is 0 Å². The maximum Gasteiger partial charge on any atom is 0.341 e. The lowest BCUT2D eigenvalue weighted by Gasteiger charge is -2.44. The number of hydrogen-bond acceptors (Lipinski definition) is 11. The molecule has 5 N–H and O–H groups in total. The number of fused-ring (bicyclic) bond motifs is 4. The van der Waals surface area contributed by atoms with E-state index in [-0.39, 0.29) is 34.2 Å². The Labute approximate surface area is 259 Å². The highest BCUT2D eigenvalue weighted by Crippen LogP contribution is 2.53. The fourth-order valence-electron chi connectivity index (χ4n) is 7.14. The number of aromatic hydroxyl groups is 1. The van der Waals surface area contributed by atoms with E-state index in [1.807, 2.05) is 32.0 Å². The number of ether oxygens (including phenoxy) is 3. The molecule has 3 aromatic heterocycles. The van der Waals surface area contributed by atoms with Crippen molar-refractivity contribution in [3.63, 3.8) is 0 Å². The minimum absolute atomic E-state index is 0.0990. The lowest BCUT2D eigenvalue weighted by atomic mass is 9.77. The number of hydrogen-bond donors (Lipinski definition) is 3. The van der Waals surface area contributed by atoms with Crippen molar-refractivity contribution in [3.05, 3.63) is 69.7 Å². The van der Waals surface area contributed by atoms with Gasteiger partial charge in [-0.25, -0.2) is 14.8 Å². The maximum atomic E-state index is 13.9. The molecule has 6 heterocycles. The van der Waals surface area contributed by atoms with Gasteiger partial charge in [0, 0.05) is 35.4 Å². The molecule has 1 aromatic carbocycles. The first-order valence-electron chi connectivity index (χ1n) is 15.3. The highest BCUT2D eigenvalue weighted by molar-refractivity contribution is 5.88. The third kappa shape index (κ3) is 5.04. The standard InChI is InChI=1S/C34H36N4O7/c1-17-12-22(39)29-23(42-17)16-24-28(30(29)40)20-6-4-5-10-34(32(41)43-31(20)33(2,3)44-24)25(45-34)8-7-18-13-21(38-27(36)14-18)19-9-11-37-26(35)15-19/h9,11-16,20,25,31,40H,4-8,10H2,1-3H3,(H2,35,37)(H2,36,38)/t20-,25-,31-,34-/m1/s1. The Morgan fingerprint density at radius 1 is 1.07 bits per heavy atom. The van der Waals surface area contributed by atoms with E-state index in [2.05, 4.69) is 9.97 Å². The fourth-order valence-corrected chi connectivity index (χ4v) is 7.14. The van der Waals surface area contributed by atoms with Gasteiger partial charge >= 0.3 is 5.97 Å². The molecule has 7 rings (SSSR count). The summed E-state index contributed by atoms with van der Waals surface area (Å²) in [4.78, 5) is 35.3. The molecule has 0 unspecified atom stereocenters. The first kappa shape index (κ1) is 29.1. The molecule has 0 radical (unpaired) electrons. The molecule has 4 atom stereocenters. The second-order valence-corrected chi connectivity index (χ2v) is 12.9. The Kier molecular flexibility index (Phi) is 6.77. The van der Waals surface area contributed by atoms with Crippen LogP contribution in [-0.2, 0) is 20.7 Å². The van der Waals surface area contributed by atoms with E-state index in [4.69, 9.17) is 30.1 Å². The van der Waals surface area contributed by atoms with Crippen LogP contribution in [0.2, 0.25) is 0 Å². The average Bonchev–Trinajstić information content (AvgIpc) is 3.67. The monoisotopic (exact) mass is 612 g/mol. The van der Waals surface area contributed by atoms with E-state index < -0.39 is 23.3 Å². The summed E-state index contributed by atoms with van der Waals surface area (Å²) in [5, 5.41) is 11.5. The molecule has 0 amide bonds. The number of nitrogens with two attached hydrogens (primary N) is 2. The largest absolute Gasteiger partial charge is 0.507 e. The van der Waals surface area contributed by atoms with Gasteiger partial charge in [0.15, 0.2) is 11.0 Å². The van der Waals surface area contributed by atoms with Crippen molar-refractivity contribution in [2.45, 2.75) is 88.6 Å².